The molecule has 0 aliphatic carbocycles. The molecule has 188 valence electrons. The minimum Gasteiger partial charge on any atom is -0.312 e. The van der Waals surface area contributed by atoms with E-state index in [0.717, 1.165) is 12.3 Å². The van der Waals surface area contributed by atoms with E-state index in [1.54, 1.807) is 0 Å². The Bertz CT molecular complexity index is 1570. The van der Waals surface area contributed by atoms with Gasteiger partial charge in [-0.2, -0.15) is 35.1 Å². The van der Waals surface area contributed by atoms with Crippen molar-refractivity contribution >= 4 is 26.6 Å². The Labute approximate surface area is 191 Å². The number of alkyl halides is 8. The van der Waals surface area contributed by atoms with Crippen molar-refractivity contribution in [1.82, 2.24) is 23.9 Å². The number of imidazole rings is 2. The molecule has 7 nitrogen and oxygen atoms in total. The molecule has 0 unspecified atom stereocenters. The molecular formula is C19H13F8N5O2S. The van der Waals surface area contributed by atoms with Crippen LogP contribution in [0.25, 0.3) is 28.2 Å². The quantitative estimate of drug-likeness (QED) is 0.358. The fourth-order valence-corrected chi connectivity index (χ4v) is 4.43. The fourth-order valence-electron chi connectivity index (χ4n) is 3.36. The molecule has 0 aromatic carbocycles. The highest BCUT2D eigenvalue weighted by Gasteiger charge is 2.60. The molecule has 4 heterocycles. The number of halogens is 8. The highest BCUT2D eigenvalue weighted by molar-refractivity contribution is 7.91. The van der Waals surface area contributed by atoms with E-state index in [9.17, 15) is 43.5 Å². The first-order valence-electron chi connectivity index (χ1n) is 9.58. The van der Waals surface area contributed by atoms with Crippen LogP contribution in [-0.2, 0) is 29.0 Å². The van der Waals surface area contributed by atoms with E-state index in [0.29, 0.717) is 22.9 Å². The largest absolute Gasteiger partial charge is 0.459 e. The maximum Gasteiger partial charge on any atom is 0.459 e. The molecule has 0 bridgehead atoms. The standard InChI is InChI=1S/C19H13F8N5O2S/c1-3-35(33,34)12-7-32-8-13(17(20,21)19(25,26)27)30-14(32)5-10(12)15-29-11-4-9(18(22,23)24)6-28-16(11)31(15)2/h4-8H,3H2,1-2H3. The van der Waals surface area contributed by atoms with E-state index in [-0.39, 0.29) is 22.6 Å². The molecule has 4 aromatic heterocycles. The summed E-state index contributed by atoms with van der Waals surface area (Å²) in [6, 6.07) is 1.61. The zero-order chi connectivity index (χ0) is 26.1. The summed E-state index contributed by atoms with van der Waals surface area (Å²) in [7, 11) is -2.80. The van der Waals surface area contributed by atoms with Crippen LogP contribution in [0.1, 0.15) is 18.2 Å². The van der Waals surface area contributed by atoms with Crippen LogP contribution in [0.4, 0.5) is 35.1 Å². The third-order valence-corrected chi connectivity index (χ3v) is 6.98. The SMILES string of the molecule is CCS(=O)(=O)c1cn2cc(C(F)(F)C(F)(F)F)nc2cc1-c1nc2cc(C(F)(F)F)cnc2n1C. The van der Waals surface area contributed by atoms with Gasteiger partial charge in [-0.3, -0.25) is 0 Å². The molecule has 0 radical (unpaired) electrons. The van der Waals surface area contributed by atoms with Crippen LogP contribution in [0.2, 0.25) is 0 Å². The minimum atomic E-state index is -5.95. The molecule has 0 aliphatic rings. The molecule has 0 saturated carbocycles. The van der Waals surface area contributed by atoms with Gasteiger partial charge in [0.2, 0.25) is 0 Å². The van der Waals surface area contributed by atoms with Crippen molar-refractivity contribution in [1.29, 1.82) is 0 Å². The van der Waals surface area contributed by atoms with E-state index >= 15 is 0 Å². The topological polar surface area (TPSA) is 82.2 Å². The van der Waals surface area contributed by atoms with Crippen molar-refractivity contribution in [2.24, 2.45) is 7.05 Å². The van der Waals surface area contributed by atoms with E-state index in [4.69, 9.17) is 0 Å². The van der Waals surface area contributed by atoms with Gasteiger partial charge in [0.05, 0.1) is 16.2 Å². The zero-order valence-corrected chi connectivity index (χ0v) is 18.4. The lowest BCUT2D eigenvalue weighted by Gasteiger charge is -2.16. The number of rotatable bonds is 4. The summed E-state index contributed by atoms with van der Waals surface area (Å²) in [5.74, 6) is -6.01. The van der Waals surface area contributed by atoms with Gasteiger partial charge in [0.1, 0.15) is 22.7 Å². The van der Waals surface area contributed by atoms with Crippen LogP contribution in [0.3, 0.4) is 0 Å². The lowest BCUT2D eigenvalue weighted by molar-refractivity contribution is -0.290. The van der Waals surface area contributed by atoms with Gasteiger partial charge < -0.3 is 8.97 Å². The number of sulfone groups is 1. The first kappa shape index (κ1) is 24.8. The number of hydrogen-bond acceptors (Lipinski definition) is 5. The van der Waals surface area contributed by atoms with Crippen molar-refractivity contribution in [3.8, 4) is 11.4 Å². The van der Waals surface area contributed by atoms with Crippen LogP contribution in [0.15, 0.2) is 35.6 Å². The van der Waals surface area contributed by atoms with Gasteiger partial charge >= 0.3 is 18.3 Å². The second-order valence-corrected chi connectivity index (χ2v) is 9.72. The van der Waals surface area contributed by atoms with Crippen molar-refractivity contribution < 1.29 is 43.5 Å². The monoisotopic (exact) mass is 527 g/mol. The molecule has 0 aliphatic heterocycles. The van der Waals surface area contributed by atoms with Crippen LogP contribution in [-0.4, -0.2) is 44.3 Å². The number of aromatic nitrogens is 5. The number of hydrogen-bond donors (Lipinski definition) is 0. The molecule has 0 fully saturated rings. The van der Waals surface area contributed by atoms with Crippen molar-refractivity contribution in [3.05, 3.63) is 42.0 Å². The lowest BCUT2D eigenvalue weighted by Crippen LogP contribution is -2.33. The molecule has 0 spiro atoms. The van der Waals surface area contributed by atoms with Gasteiger partial charge in [-0.25, -0.2) is 23.4 Å². The second kappa shape index (κ2) is 7.60. The lowest BCUT2D eigenvalue weighted by atomic mass is 10.2. The molecule has 4 aromatic rings. The van der Waals surface area contributed by atoms with E-state index in [2.05, 4.69) is 15.0 Å². The van der Waals surface area contributed by atoms with Gasteiger partial charge in [-0.15, -0.1) is 0 Å². The van der Waals surface area contributed by atoms with Gasteiger partial charge in [0, 0.05) is 31.2 Å². The predicted octanol–water partition coefficient (Wildman–Crippen LogP) is 4.75. The minimum absolute atomic E-state index is 0.0552. The highest BCUT2D eigenvalue weighted by atomic mass is 32.2. The Morgan fingerprint density at radius 1 is 0.971 bits per heavy atom. The number of pyridine rings is 2. The average Bonchev–Trinajstić information content (AvgIpc) is 3.32. The summed E-state index contributed by atoms with van der Waals surface area (Å²) in [6.07, 6.45) is -8.97. The summed E-state index contributed by atoms with van der Waals surface area (Å²) in [4.78, 5) is 10.6. The molecule has 35 heavy (non-hydrogen) atoms. The normalized spacial score (nSPS) is 13.8. The fraction of sp³-hybridized carbons (Fsp3) is 0.316. The molecule has 0 N–H and O–H groups in total. The Kier molecular flexibility index (Phi) is 5.39. The van der Waals surface area contributed by atoms with Crippen LogP contribution < -0.4 is 0 Å². The Morgan fingerprint density at radius 3 is 2.20 bits per heavy atom. The molecule has 0 saturated heterocycles. The summed E-state index contributed by atoms with van der Waals surface area (Å²) in [5.41, 5.74) is -3.81. The Balaban J connectivity index is 2.01. The molecule has 0 amide bonds. The summed E-state index contributed by atoms with van der Waals surface area (Å²) in [6.45, 7) is 1.27. The predicted molar refractivity (Wildman–Crippen MR) is 105 cm³/mol. The smallest absolute Gasteiger partial charge is 0.312 e. The van der Waals surface area contributed by atoms with Gasteiger partial charge in [0.25, 0.3) is 0 Å². The van der Waals surface area contributed by atoms with Crippen LogP contribution in [0, 0.1) is 0 Å². The van der Waals surface area contributed by atoms with Crippen molar-refractivity contribution in [2.75, 3.05) is 5.75 Å². The summed E-state index contributed by atoms with van der Waals surface area (Å²) >= 11 is 0. The summed E-state index contributed by atoms with van der Waals surface area (Å²) < 4.78 is 133. The molecule has 0 atom stereocenters. The second-order valence-electron chi connectivity index (χ2n) is 7.48. The van der Waals surface area contributed by atoms with E-state index in [1.807, 2.05) is 0 Å². The van der Waals surface area contributed by atoms with Crippen LogP contribution in [0.5, 0.6) is 0 Å². The molecule has 4 rings (SSSR count). The first-order valence-corrected chi connectivity index (χ1v) is 11.2. The van der Waals surface area contributed by atoms with Gasteiger partial charge in [-0.05, 0) is 12.1 Å². The van der Waals surface area contributed by atoms with E-state index in [1.165, 1.54) is 18.5 Å². The summed E-state index contributed by atoms with van der Waals surface area (Å²) in [5, 5.41) is 0. The number of aryl methyl sites for hydroxylation is 1. The number of nitrogens with zero attached hydrogens (tertiary/aromatic N) is 5. The van der Waals surface area contributed by atoms with Crippen LogP contribution >= 0.6 is 0 Å². The Hall–Kier alpha value is -3.30. The Morgan fingerprint density at radius 2 is 1.63 bits per heavy atom. The van der Waals surface area contributed by atoms with E-state index < -0.39 is 55.7 Å². The van der Waals surface area contributed by atoms with Gasteiger partial charge in [-0.1, -0.05) is 6.92 Å². The first-order chi connectivity index (χ1) is 16.0. The molecular weight excluding hydrogens is 514 g/mol. The van der Waals surface area contributed by atoms with Crippen molar-refractivity contribution in [2.45, 2.75) is 30.1 Å². The maximum atomic E-state index is 13.8. The third-order valence-electron chi connectivity index (χ3n) is 5.23. The molecule has 16 heteroatoms. The zero-order valence-electron chi connectivity index (χ0n) is 17.6. The average molecular weight is 527 g/mol. The maximum absolute atomic E-state index is 13.8. The third kappa shape index (κ3) is 3.98. The van der Waals surface area contributed by atoms with Crippen molar-refractivity contribution in [3.63, 3.8) is 0 Å². The van der Waals surface area contributed by atoms with Gasteiger partial charge in [0.15, 0.2) is 15.5 Å². The highest BCUT2D eigenvalue weighted by Crippen LogP contribution is 2.43. The number of fused-ring (bicyclic) bond motifs is 2.